The summed E-state index contributed by atoms with van der Waals surface area (Å²) in [5, 5.41) is 2.87. The lowest BCUT2D eigenvalue weighted by molar-refractivity contribution is -0.140. The third-order valence-electron chi connectivity index (χ3n) is 3.45. The Morgan fingerprint density at radius 1 is 1.04 bits per heavy atom. The van der Waals surface area contributed by atoms with E-state index in [1.807, 2.05) is 6.07 Å². The fraction of sp³-hybridized carbons (Fsp3) is 0.529. The number of methoxy groups -OCH3 is 3. The normalized spacial score (nSPS) is 10.0. The van der Waals surface area contributed by atoms with Gasteiger partial charge in [-0.3, -0.25) is 9.59 Å². The minimum Gasteiger partial charge on any atom is -0.497 e. The standard InChI is InChI=1S/C17H25NO5/c1-21-14-9-8-13(15(12-14)22-2)11-16(19)18-10-6-4-5-7-17(20)23-3/h8-9,12H,4-7,10-11H2,1-3H3,(H,18,19). The molecule has 23 heavy (non-hydrogen) atoms. The Bertz CT molecular complexity index is 516. The zero-order valence-electron chi connectivity index (χ0n) is 14.0. The minimum absolute atomic E-state index is 0.0542. The fourth-order valence-corrected chi connectivity index (χ4v) is 2.13. The zero-order chi connectivity index (χ0) is 17.1. The summed E-state index contributed by atoms with van der Waals surface area (Å²) in [6.45, 7) is 0.596. The van der Waals surface area contributed by atoms with Crippen LogP contribution in [0.4, 0.5) is 0 Å². The van der Waals surface area contributed by atoms with Gasteiger partial charge in [-0.1, -0.05) is 12.5 Å². The van der Waals surface area contributed by atoms with E-state index in [1.165, 1.54) is 7.11 Å². The Morgan fingerprint density at radius 3 is 2.48 bits per heavy atom. The van der Waals surface area contributed by atoms with Gasteiger partial charge in [0.1, 0.15) is 11.5 Å². The molecule has 1 aromatic carbocycles. The molecule has 0 spiro atoms. The first-order valence-electron chi connectivity index (χ1n) is 7.65. The lowest BCUT2D eigenvalue weighted by atomic mass is 10.1. The molecule has 0 saturated carbocycles. The first-order chi connectivity index (χ1) is 11.1. The first kappa shape index (κ1) is 18.8. The molecule has 0 unspecified atom stereocenters. The van der Waals surface area contributed by atoms with Crippen LogP contribution in [0, 0.1) is 0 Å². The van der Waals surface area contributed by atoms with Crippen LogP contribution < -0.4 is 14.8 Å². The van der Waals surface area contributed by atoms with E-state index in [-0.39, 0.29) is 18.3 Å². The molecule has 0 aliphatic rings. The molecule has 0 fully saturated rings. The topological polar surface area (TPSA) is 73.9 Å². The minimum atomic E-state index is -0.194. The van der Waals surface area contributed by atoms with Crippen LogP contribution in [-0.4, -0.2) is 39.8 Å². The van der Waals surface area contributed by atoms with Crippen molar-refractivity contribution in [3.8, 4) is 11.5 Å². The van der Waals surface area contributed by atoms with Gasteiger partial charge >= 0.3 is 5.97 Å². The highest BCUT2D eigenvalue weighted by Gasteiger charge is 2.09. The van der Waals surface area contributed by atoms with Crippen molar-refractivity contribution in [1.29, 1.82) is 0 Å². The number of hydrogen-bond acceptors (Lipinski definition) is 5. The van der Waals surface area contributed by atoms with E-state index in [0.29, 0.717) is 24.5 Å². The van der Waals surface area contributed by atoms with Gasteiger partial charge in [-0.05, 0) is 18.9 Å². The third kappa shape index (κ3) is 7.04. The van der Waals surface area contributed by atoms with Crippen LogP contribution in [0.25, 0.3) is 0 Å². The molecule has 0 aromatic heterocycles. The van der Waals surface area contributed by atoms with Crippen LogP contribution in [0.15, 0.2) is 18.2 Å². The number of ether oxygens (including phenoxy) is 3. The number of carbonyl (C=O) groups excluding carboxylic acids is 2. The van der Waals surface area contributed by atoms with Gasteiger partial charge in [0, 0.05) is 24.6 Å². The van der Waals surface area contributed by atoms with Crippen molar-refractivity contribution in [2.24, 2.45) is 0 Å². The molecule has 128 valence electrons. The van der Waals surface area contributed by atoms with Crippen LogP contribution in [0.2, 0.25) is 0 Å². The van der Waals surface area contributed by atoms with E-state index >= 15 is 0 Å². The Balaban J connectivity index is 2.30. The molecule has 0 radical (unpaired) electrons. The highest BCUT2D eigenvalue weighted by atomic mass is 16.5. The smallest absolute Gasteiger partial charge is 0.305 e. The van der Waals surface area contributed by atoms with Crippen molar-refractivity contribution in [2.45, 2.75) is 32.1 Å². The number of rotatable bonds is 10. The van der Waals surface area contributed by atoms with E-state index in [9.17, 15) is 9.59 Å². The highest BCUT2D eigenvalue weighted by molar-refractivity contribution is 5.79. The monoisotopic (exact) mass is 323 g/mol. The summed E-state index contributed by atoms with van der Waals surface area (Å²) in [4.78, 5) is 22.9. The third-order valence-corrected chi connectivity index (χ3v) is 3.45. The molecule has 6 nitrogen and oxygen atoms in total. The van der Waals surface area contributed by atoms with E-state index in [2.05, 4.69) is 10.1 Å². The molecule has 0 heterocycles. The molecule has 0 bridgehead atoms. The van der Waals surface area contributed by atoms with E-state index < -0.39 is 0 Å². The van der Waals surface area contributed by atoms with Crippen molar-refractivity contribution in [2.75, 3.05) is 27.9 Å². The second-order valence-corrected chi connectivity index (χ2v) is 5.09. The van der Waals surface area contributed by atoms with Crippen LogP contribution >= 0.6 is 0 Å². The average molecular weight is 323 g/mol. The Hall–Kier alpha value is -2.24. The van der Waals surface area contributed by atoms with Gasteiger partial charge in [0.2, 0.25) is 5.91 Å². The number of amides is 1. The van der Waals surface area contributed by atoms with Crippen molar-refractivity contribution in [3.05, 3.63) is 23.8 Å². The molecule has 1 amide bonds. The van der Waals surface area contributed by atoms with E-state index in [4.69, 9.17) is 9.47 Å². The molecule has 1 N–H and O–H groups in total. The van der Waals surface area contributed by atoms with Crippen LogP contribution in [0.1, 0.15) is 31.2 Å². The molecule has 0 aliphatic heterocycles. The molecular formula is C17H25NO5. The number of nitrogens with one attached hydrogen (secondary N) is 1. The largest absolute Gasteiger partial charge is 0.497 e. The summed E-state index contributed by atoms with van der Waals surface area (Å²) in [5.74, 6) is 1.08. The van der Waals surface area contributed by atoms with E-state index in [0.717, 1.165) is 24.8 Å². The van der Waals surface area contributed by atoms with Crippen molar-refractivity contribution >= 4 is 11.9 Å². The highest BCUT2D eigenvalue weighted by Crippen LogP contribution is 2.24. The lowest BCUT2D eigenvalue weighted by Crippen LogP contribution is -2.26. The summed E-state index contributed by atoms with van der Waals surface area (Å²) < 4.78 is 15.0. The maximum absolute atomic E-state index is 12.0. The van der Waals surface area contributed by atoms with Crippen molar-refractivity contribution in [3.63, 3.8) is 0 Å². The summed E-state index contributed by atoms with van der Waals surface area (Å²) in [7, 11) is 4.54. The number of carbonyl (C=O) groups is 2. The molecule has 1 rings (SSSR count). The first-order valence-corrected chi connectivity index (χ1v) is 7.65. The fourth-order valence-electron chi connectivity index (χ4n) is 2.13. The summed E-state index contributed by atoms with van der Waals surface area (Å²) in [6, 6.07) is 5.39. The second kappa shape index (κ2) is 10.5. The Kier molecular flexibility index (Phi) is 8.57. The number of benzene rings is 1. The maximum atomic E-state index is 12.0. The predicted molar refractivity (Wildman–Crippen MR) is 86.7 cm³/mol. The Morgan fingerprint density at radius 2 is 1.83 bits per heavy atom. The quantitative estimate of drug-likeness (QED) is 0.527. The van der Waals surface area contributed by atoms with Crippen LogP contribution in [0.5, 0.6) is 11.5 Å². The average Bonchev–Trinajstić information content (AvgIpc) is 2.57. The van der Waals surface area contributed by atoms with Gasteiger partial charge in [-0.25, -0.2) is 0 Å². The van der Waals surface area contributed by atoms with Crippen molar-refractivity contribution in [1.82, 2.24) is 5.32 Å². The predicted octanol–water partition coefficient (Wildman–Crippen LogP) is 2.10. The molecule has 0 atom stereocenters. The molecule has 6 heteroatoms. The molecular weight excluding hydrogens is 298 g/mol. The van der Waals surface area contributed by atoms with Gasteiger partial charge < -0.3 is 19.5 Å². The van der Waals surface area contributed by atoms with Crippen LogP contribution in [-0.2, 0) is 20.7 Å². The van der Waals surface area contributed by atoms with Gasteiger partial charge in [0.05, 0.1) is 27.8 Å². The Labute approximate surface area is 137 Å². The maximum Gasteiger partial charge on any atom is 0.305 e. The number of hydrogen-bond donors (Lipinski definition) is 1. The second-order valence-electron chi connectivity index (χ2n) is 5.09. The summed E-state index contributed by atoms with van der Waals surface area (Å²) in [6.07, 6.45) is 3.17. The number of esters is 1. The van der Waals surface area contributed by atoms with Crippen LogP contribution in [0.3, 0.4) is 0 Å². The van der Waals surface area contributed by atoms with Gasteiger partial charge in [-0.2, -0.15) is 0 Å². The lowest BCUT2D eigenvalue weighted by Gasteiger charge is -2.10. The van der Waals surface area contributed by atoms with Gasteiger partial charge in [0.25, 0.3) is 0 Å². The summed E-state index contributed by atoms with van der Waals surface area (Å²) in [5.41, 5.74) is 0.816. The zero-order valence-corrected chi connectivity index (χ0v) is 14.0. The molecule has 0 aliphatic carbocycles. The van der Waals surface area contributed by atoms with Gasteiger partial charge in [0.15, 0.2) is 0 Å². The molecule has 0 saturated heterocycles. The summed E-state index contributed by atoms with van der Waals surface area (Å²) >= 11 is 0. The SMILES string of the molecule is COC(=O)CCCCCNC(=O)Cc1ccc(OC)cc1OC. The molecule has 1 aromatic rings. The van der Waals surface area contributed by atoms with E-state index in [1.54, 1.807) is 26.4 Å². The van der Waals surface area contributed by atoms with Gasteiger partial charge in [-0.15, -0.1) is 0 Å². The number of unbranched alkanes of at least 4 members (excludes halogenated alkanes) is 2. The van der Waals surface area contributed by atoms with Crippen molar-refractivity contribution < 1.29 is 23.8 Å².